The Morgan fingerprint density at radius 1 is 1.71 bits per heavy atom. The van der Waals surface area contributed by atoms with Crippen LogP contribution in [0.4, 0.5) is 0 Å². The first-order chi connectivity index (χ1) is 2.91. The van der Waals surface area contributed by atoms with Crippen molar-refractivity contribution in [3.63, 3.8) is 0 Å². The molecule has 0 rings (SSSR count). The molecular weight excluding hydrogens is 114 g/mol. The van der Waals surface area contributed by atoms with Crippen LogP contribution in [0, 0.1) is 11.3 Å². The minimum Gasteiger partial charge on any atom is -0.271 e. The van der Waals surface area contributed by atoms with E-state index in [0.29, 0.717) is 13.0 Å². The van der Waals surface area contributed by atoms with Gasteiger partial charge in [0.15, 0.2) is 0 Å². The number of hydrazine groups is 1. The molecule has 0 aliphatic heterocycles. The number of hydrogen-bond acceptors (Lipinski definition) is 3. The highest BCUT2D eigenvalue weighted by Gasteiger charge is 1.72. The van der Waals surface area contributed by atoms with Gasteiger partial charge in [0.25, 0.3) is 0 Å². The van der Waals surface area contributed by atoms with E-state index in [-0.39, 0.29) is 12.4 Å². The van der Waals surface area contributed by atoms with Crippen molar-refractivity contribution in [3.05, 3.63) is 0 Å². The fraction of sp³-hybridized carbons (Fsp3) is 0.667. The summed E-state index contributed by atoms with van der Waals surface area (Å²) in [5.41, 5.74) is 2.35. The molecular formula is C3H8ClN3. The molecule has 0 aromatic carbocycles. The van der Waals surface area contributed by atoms with Crippen molar-refractivity contribution in [2.75, 3.05) is 6.54 Å². The van der Waals surface area contributed by atoms with Crippen molar-refractivity contribution in [1.82, 2.24) is 5.43 Å². The molecule has 0 aliphatic rings. The highest BCUT2D eigenvalue weighted by molar-refractivity contribution is 5.85. The van der Waals surface area contributed by atoms with Crippen LogP contribution >= 0.6 is 12.4 Å². The molecule has 0 bridgehead atoms. The fourth-order valence-electron chi connectivity index (χ4n) is 0.128. The Morgan fingerprint density at radius 3 is 2.43 bits per heavy atom. The summed E-state index contributed by atoms with van der Waals surface area (Å²) in [6.07, 6.45) is 0.483. The number of halogens is 1. The Balaban J connectivity index is 0. The third kappa shape index (κ3) is 10.7. The van der Waals surface area contributed by atoms with E-state index >= 15 is 0 Å². The minimum atomic E-state index is 0. The van der Waals surface area contributed by atoms with E-state index in [4.69, 9.17) is 11.1 Å². The van der Waals surface area contributed by atoms with Crippen molar-refractivity contribution in [2.24, 2.45) is 5.84 Å². The Labute approximate surface area is 48.9 Å². The summed E-state index contributed by atoms with van der Waals surface area (Å²) in [5.74, 6) is 4.81. The zero-order valence-corrected chi connectivity index (χ0v) is 4.66. The summed E-state index contributed by atoms with van der Waals surface area (Å²) in [6.45, 7) is 0.580. The quantitative estimate of drug-likeness (QED) is 0.302. The Bertz CT molecular complexity index is 57.7. The molecule has 0 saturated carbocycles. The highest BCUT2D eigenvalue weighted by Crippen LogP contribution is 1.62. The summed E-state index contributed by atoms with van der Waals surface area (Å²) in [6, 6.07) is 1.93. The van der Waals surface area contributed by atoms with Gasteiger partial charge in [0.1, 0.15) is 0 Å². The molecule has 0 atom stereocenters. The summed E-state index contributed by atoms with van der Waals surface area (Å²) in [5, 5.41) is 7.85. The second-order valence-electron chi connectivity index (χ2n) is 0.862. The predicted octanol–water partition coefficient (Wildman–Crippen LogP) is -0.215. The van der Waals surface area contributed by atoms with Gasteiger partial charge in [0, 0.05) is 13.0 Å². The molecule has 0 amide bonds. The van der Waals surface area contributed by atoms with Crippen LogP contribution in [-0.4, -0.2) is 6.54 Å². The van der Waals surface area contributed by atoms with Crippen LogP contribution < -0.4 is 11.3 Å². The summed E-state index contributed by atoms with van der Waals surface area (Å²) >= 11 is 0. The van der Waals surface area contributed by atoms with Gasteiger partial charge in [-0.05, 0) is 0 Å². The second-order valence-corrected chi connectivity index (χ2v) is 0.862. The van der Waals surface area contributed by atoms with Gasteiger partial charge in [0.05, 0.1) is 6.07 Å². The average molecular weight is 122 g/mol. The number of hydrogen-bond donors (Lipinski definition) is 2. The third-order valence-electron chi connectivity index (χ3n) is 0.381. The molecule has 0 aliphatic carbocycles. The second kappa shape index (κ2) is 9.20. The number of nitriles is 1. The summed E-state index contributed by atoms with van der Waals surface area (Å²) in [4.78, 5) is 0. The van der Waals surface area contributed by atoms with Crippen LogP contribution in [0.1, 0.15) is 6.42 Å². The first-order valence-corrected chi connectivity index (χ1v) is 1.72. The zero-order valence-electron chi connectivity index (χ0n) is 3.85. The average Bonchev–Trinajstić information content (AvgIpc) is 1.61. The standard InChI is InChI=1S/C3H7N3.ClH/c4-2-1-3-6-5;/h6H,1,3,5H2;1H. The SMILES string of the molecule is Cl.N#CCCNN. The van der Waals surface area contributed by atoms with Gasteiger partial charge in [-0.3, -0.25) is 11.3 Å². The lowest BCUT2D eigenvalue weighted by atomic mass is 10.5. The molecule has 7 heavy (non-hydrogen) atoms. The Hall–Kier alpha value is -0.300. The lowest BCUT2D eigenvalue weighted by Crippen LogP contribution is -2.22. The molecule has 4 heteroatoms. The molecule has 0 saturated heterocycles. The molecule has 3 N–H and O–H groups in total. The highest BCUT2D eigenvalue weighted by atomic mass is 35.5. The smallest absolute Gasteiger partial charge is 0.0635 e. The number of rotatable bonds is 2. The molecule has 3 nitrogen and oxygen atoms in total. The first kappa shape index (κ1) is 9.85. The van der Waals surface area contributed by atoms with E-state index in [0.717, 1.165) is 0 Å². The van der Waals surface area contributed by atoms with Crippen LogP contribution in [0.3, 0.4) is 0 Å². The molecule has 0 radical (unpaired) electrons. The normalized spacial score (nSPS) is 6.29. The molecule has 0 fully saturated rings. The molecule has 0 aromatic rings. The maximum Gasteiger partial charge on any atom is 0.0635 e. The largest absolute Gasteiger partial charge is 0.271 e. The van der Waals surface area contributed by atoms with Crippen LogP contribution in [0.25, 0.3) is 0 Å². The van der Waals surface area contributed by atoms with Crippen molar-refractivity contribution in [3.8, 4) is 6.07 Å². The molecule has 42 valence electrons. The maximum atomic E-state index is 7.85. The van der Waals surface area contributed by atoms with E-state index in [2.05, 4.69) is 5.43 Å². The first-order valence-electron chi connectivity index (χ1n) is 1.72. The van der Waals surface area contributed by atoms with Gasteiger partial charge >= 0.3 is 0 Å². The van der Waals surface area contributed by atoms with Gasteiger partial charge in [-0.2, -0.15) is 5.26 Å². The van der Waals surface area contributed by atoms with Gasteiger partial charge in [-0.15, -0.1) is 12.4 Å². The minimum absolute atomic E-state index is 0. The van der Waals surface area contributed by atoms with Crippen molar-refractivity contribution >= 4 is 12.4 Å². The Kier molecular flexibility index (Phi) is 12.9. The van der Waals surface area contributed by atoms with E-state index in [9.17, 15) is 0 Å². The van der Waals surface area contributed by atoms with Gasteiger partial charge in [-0.1, -0.05) is 0 Å². The topological polar surface area (TPSA) is 61.8 Å². The van der Waals surface area contributed by atoms with Gasteiger partial charge in [0.2, 0.25) is 0 Å². The van der Waals surface area contributed by atoms with E-state index < -0.39 is 0 Å². The Morgan fingerprint density at radius 2 is 2.29 bits per heavy atom. The van der Waals surface area contributed by atoms with E-state index in [1.807, 2.05) is 6.07 Å². The van der Waals surface area contributed by atoms with Crippen molar-refractivity contribution in [1.29, 1.82) is 5.26 Å². The summed E-state index contributed by atoms with van der Waals surface area (Å²) in [7, 11) is 0. The van der Waals surface area contributed by atoms with Crippen molar-refractivity contribution in [2.45, 2.75) is 6.42 Å². The number of nitrogens with one attached hydrogen (secondary N) is 1. The summed E-state index contributed by atoms with van der Waals surface area (Å²) < 4.78 is 0. The zero-order chi connectivity index (χ0) is 4.83. The monoisotopic (exact) mass is 121 g/mol. The number of nitrogens with two attached hydrogens (primary N) is 1. The van der Waals surface area contributed by atoms with Crippen LogP contribution in [-0.2, 0) is 0 Å². The third-order valence-corrected chi connectivity index (χ3v) is 0.381. The van der Waals surface area contributed by atoms with E-state index in [1.54, 1.807) is 0 Å². The lowest BCUT2D eigenvalue weighted by molar-refractivity contribution is 0.744. The number of nitrogens with zero attached hydrogens (tertiary/aromatic N) is 1. The maximum absolute atomic E-state index is 7.85. The molecule has 0 aromatic heterocycles. The fourth-order valence-corrected chi connectivity index (χ4v) is 0.128. The predicted molar refractivity (Wildman–Crippen MR) is 29.7 cm³/mol. The van der Waals surface area contributed by atoms with Crippen LogP contribution in [0.2, 0.25) is 0 Å². The molecule has 0 spiro atoms. The molecule has 0 heterocycles. The van der Waals surface area contributed by atoms with Gasteiger partial charge < -0.3 is 0 Å². The lowest BCUT2D eigenvalue weighted by Gasteiger charge is -1.83. The van der Waals surface area contributed by atoms with E-state index in [1.165, 1.54) is 0 Å². The van der Waals surface area contributed by atoms with Crippen LogP contribution in [0.5, 0.6) is 0 Å². The molecule has 0 unspecified atom stereocenters. The van der Waals surface area contributed by atoms with Crippen LogP contribution in [0.15, 0.2) is 0 Å². The van der Waals surface area contributed by atoms with Gasteiger partial charge in [-0.25, -0.2) is 0 Å². The van der Waals surface area contributed by atoms with Crippen molar-refractivity contribution < 1.29 is 0 Å².